The van der Waals surface area contributed by atoms with E-state index in [1.54, 1.807) is 12.1 Å². The molecule has 26 heavy (non-hydrogen) atoms. The Hall–Kier alpha value is -1.47. The Morgan fingerprint density at radius 3 is 2.46 bits per heavy atom. The molecule has 0 radical (unpaired) electrons. The first-order chi connectivity index (χ1) is 12.5. The van der Waals surface area contributed by atoms with Crippen LogP contribution >= 0.6 is 0 Å². The molecule has 142 valence electrons. The summed E-state index contributed by atoms with van der Waals surface area (Å²) in [7, 11) is -3.53. The van der Waals surface area contributed by atoms with E-state index in [0.717, 1.165) is 30.3 Å². The van der Waals surface area contributed by atoms with Gasteiger partial charge in [0.2, 0.25) is 10.0 Å². The standard InChI is InChI=1S/C20H28N2O3S/c1-16(2)13-19(22-9-11-25-12-10-22)15-21-26(23,24)20-8-7-17-5-3-4-6-18(17)14-20/h3-8,14,16,19,21H,9-13,15H2,1-2H3/t19-/m1/s1. The highest BCUT2D eigenvalue weighted by Gasteiger charge is 2.24. The minimum absolute atomic E-state index is 0.189. The topological polar surface area (TPSA) is 58.6 Å². The summed E-state index contributed by atoms with van der Waals surface area (Å²) in [4.78, 5) is 2.66. The molecule has 1 fully saturated rings. The van der Waals surface area contributed by atoms with Crippen LogP contribution in [0.1, 0.15) is 20.3 Å². The molecule has 1 aliphatic rings. The molecule has 2 aromatic carbocycles. The monoisotopic (exact) mass is 376 g/mol. The Labute approximate surface area is 156 Å². The van der Waals surface area contributed by atoms with Crippen LogP contribution in [-0.2, 0) is 14.8 Å². The number of hydrogen-bond acceptors (Lipinski definition) is 4. The zero-order valence-corrected chi connectivity index (χ0v) is 16.3. The van der Waals surface area contributed by atoms with Gasteiger partial charge < -0.3 is 4.74 Å². The number of benzene rings is 2. The van der Waals surface area contributed by atoms with Crippen LogP contribution in [0, 0.1) is 5.92 Å². The van der Waals surface area contributed by atoms with E-state index < -0.39 is 10.0 Å². The van der Waals surface area contributed by atoms with Crippen molar-refractivity contribution in [2.45, 2.75) is 31.2 Å². The van der Waals surface area contributed by atoms with Gasteiger partial charge in [-0.1, -0.05) is 44.2 Å². The largest absolute Gasteiger partial charge is 0.379 e. The van der Waals surface area contributed by atoms with Gasteiger partial charge in [0.25, 0.3) is 0 Å². The molecule has 1 saturated heterocycles. The molecule has 1 atom stereocenters. The maximum Gasteiger partial charge on any atom is 0.240 e. The third kappa shape index (κ3) is 4.82. The van der Waals surface area contributed by atoms with Gasteiger partial charge in [0, 0.05) is 25.7 Å². The molecular weight excluding hydrogens is 348 g/mol. The molecular formula is C20H28N2O3S. The molecule has 0 saturated carbocycles. The van der Waals surface area contributed by atoms with Crippen molar-refractivity contribution in [3.05, 3.63) is 42.5 Å². The van der Waals surface area contributed by atoms with Crippen molar-refractivity contribution < 1.29 is 13.2 Å². The van der Waals surface area contributed by atoms with Gasteiger partial charge in [-0.05, 0) is 35.2 Å². The summed E-state index contributed by atoms with van der Waals surface area (Å²) < 4.78 is 33.9. The van der Waals surface area contributed by atoms with E-state index in [2.05, 4.69) is 23.5 Å². The molecule has 3 rings (SSSR count). The van der Waals surface area contributed by atoms with E-state index in [1.165, 1.54) is 0 Å². The lowest BCUT2D eigenvalue weighted by molar-refractivity contribution is 0.0134. The number of fused-ring (bicyclic) bond motifs is 1. The van der Waals surface area contributed by atoms with Crippen molar-refractivity contribution >= 4 is 20.8 Å². The minimum Gasteiger partial charge on any atom is -0.379 e. The lowest BCUT2D eigenvalue weighted by Gasteiger charge is -2.35. The van der Waals surface area contributed by atoms with Gasteiger partial charge in [0.15, 0.2) is 0 Å². The van der Waals surface area contributed by atoms with Crippen molar-refractivity contribution in [3.8, 4) is 0 Å². The number of rotatable bonds is 7. The number of hydrogen-bond donors (Lipinski definition) is 1. The smallest absolute Gasteiger partial charge is 0.240 e. The van der Waals surface area contributed by atoms with Gasteiger partial charge in [-0.25, -0.2) is 13.1 Å². The van der Waals surface area contributed by atoms with E-state index in [9.17, 15) is 8.42 Å². The zero-order chi connectivity index (χ0) is 18.6. The van der Waals surface area contributed by atoms with Crippen LogP contribution in [0.3, 0.4) is 0 Å². The van der Waals surface area contributed by atoms with Crippen molar-refractivity contribution in [1.82, 2.24) is 9.62 Å². The van der Waals surface area contributed by atoms with E-state index >= 15 is 0 Å². The van der Waals surface area contributed by atoms with Gasteiger partial charge >= 0.3 is 0 Å². The Morgan fingerprint density at radius 2 is 1.77 bits per heavy atom. The predicted octanol–water partition coefficient (Wildman–Crippen LogP) is 2.87. The van der Waals surface area contributed by atoms with Crippen LogP contribution in [0.4, 0.5) is 0 Å². The highest BCUT2D eigenvalue weighted by molar-refractivity contribution is 7.89. The third-order valence-electron chi connectivity index (χ3n) is 4.85. The first kappa shape index (κ1) is 19.3. The van der Waals surface area contributed by atoms with Crippen LogP contribution in [0.5, 0.6) is 0 Å². The molecule has 6 heteroatoms. The molecule has 0 unspecified atom stereocenters. The highest BCUT2D eigenvalue weighted by Crippen LogP contribution is 2.19. The summed E-state index contributed by atoms with van der Waals surface area (Å²) in [5.41, 5.74) is 0. The maximum absolute atomic E-state index is 12.8. The summed E-state index contributed by atoms with van der Waals surface area (Å²) >= 11 is 0. The number of ether oxygens (including phenoxy) is 1. The first-order valence-electron chi connectivity index (χ1n) is 9.26. The van der Waals surface area contributed by atoms with Crippen LogP contribution in [0.25, 0.3) is 10.8 Å². The molecule has 5 nitrogen and oxygen atoms in total. The zero-order valence-electron chi connectivity index (χ0n) is 15.5. The summed E-state index contributed by atoms with van der Waals surface area (Å²) in [5, 5.41) is 1.97. The van der Waals surface area contributed by atoms with Gasteiger partial charge in [-0.15, -0.1) is 0 Å². The Bertz CT molecular complexity index is 830. The van der Waals surface area contributed by atoms with Gasteiger partial charge in [0.1, 0.15) is 0 Å². The van der Waals surface area contributed by atoms with E-state index in [-0.39, 0.29) is 6.04 Å². The SMILES string of the molecule is CC(C)C[C@H](CNS(=O)(=O)c1ccc2ccccc2c1)N1CCOCC1. The Morgan fingerprint density at radius 1 is 1.08 bits per heavy atom. The van der Waals surface area contributed by atoms with Gasteiger partial charge in [-0.2, -0.15) is 0 Å². The summed E-state index contributed by atoms with van der Waals surface area (Å²) in [6.45, 7) is 7.91. The number of nitrogens with zero attached hydrogens (tertiary/aromatic N) is 1. The molecule has 0 bridgehead atoms. The quantitative estimate of drug-likeness (QED) is 0.807. The fraction of sp³-hybridized carbons (Fsp3) is 0.500. The molecule has 1 N–H and O–H groups in total. The highest BCUT2D eigenvalue weighted by atomic mass is 32.2. The van der Waals surface area contributed by atoms with E-state index in [4.69, 9.17) is 4.74 Å². The maximum atomic E-state index is 12.8. The van der Waals surface area contributed by atoms with E-state index in [1.807, 2.05) is 30.3 Å². The normalized spacial score (nSPS) is 17.7. The van der Waals surface area contributed by atoms with Crippen LogP contribution in [0.15, 0.2) is 47.4 Å². The number of sulfonamides is 1. The summed E-state index contributed by atoms with van der Waals surface area (Å²) in [5.74, 6) is 0.507. The fourth-order valence-electron chi connectivity index (χ4n) is 3.47. The second kappa shape index (κ2) is 8.48. The first-order valence-corrected chi connectivity index (χ1v) is 10.7. The number of nitrogens with one attached hydrogen (secondary N) is 1. The van der Waals surface area contributed by atoms with E-state index in [0.29, 0.717) is 30.6 Å². The van der Waals surface area contributed by atoms with Crippen LogP contribution in [0.2, 0.25) is 0 Å². The molecule has 0 amide bonds. The number of morpholine rings is 1. The minimum atomic E-state index is -3.53. The second-order valence-electron chi connectivity index (χ2n) is 7.29. The lowest BCUT2D eigenvalue weighted by atomic mass is 10.0. The Kier molecular flexibility index (Phi) is 6.29. The average molecular weight is 377 g/mol. The fourth-order valence-corrected chi connectivity index (χ4v) is 4.58. The van der Waals surface area contributed by atoms with Crippen molar-refractivity contribution in [1.29, 1.82) is 0 Å². The van der Waals surface area contributed by atoms with Gasteiger partial charge in [0.05, 0.1) is 18.1 Å². The summed E-state index contributed by atoms with van der Waals surface area (Å²) in [6, 6.07) is 13.3. The Balaban J connectivity index is 1.73. The molecule has 1 aliphatic heterocycles. The molecule has 0 aliphatic carbocycles. The van der Waals surface area contributed by atoms with Gasteiger partial charge in [-0.3, -0.25) is 4.90 Å². The van der Waals surface area contributed by atoms with Crippen LogP contribution in [-0.4, -0.2) is 52.2 Å². The predicted molar refractivity (Wildman–Crippen MR) is 105 cm³/mol. The third-order valence-corrected chi connectivity index (χ3v) is 6.27. The average Bonchev–Trinajstić information content (AvgIpc) is 2.65. The van der Waals surface area contributed by atoms with Crippen LogP contribution < -0.4 is 4.72 Å². The molecule has 0 spiro atoms. The second-order valence-corrected chi connectivity index (χ2v) is 9.06. The van der Waals surface area contributed by atoms with Crippen molar-refractivity contribution in [2.24, 2.45) is 5.92 Å². The van der Waals surface area contributed by atoms with Crippen molar-refractivity contribution in [2.75, 3.05) is 32.8 Å². The summed E-state index contributed by atoms with van der Waals surface area (Å²) in [6.07, 6.45) is 0.959. The lowest BCUT2D eigenvalue weighted by Crippen LogP contribution is -2.49. The molecule has 0 aromatic heterocycles. The molecule has 1 heterocycles. The van der Waals surface area contributed by atoms with Crippen molar-refractivity contribution in [3.63, 3.8) is 0 Å². The molecule has 2 aromatic rings.